The fraction of sp³-hybridized carbons (Fsp3) is 0.364. The van der Waals surface area contributed by atoms with E-state index in [1.165, 1.54) is 17.0 Å². The number of likely N-dealkylation sites (tertiary alicyclic amines) is 1. The normalized spacial score (nSPS) is 16.4. The van der Waals surface area contributed by atoms with E-state index in [1.54, 1.807) is 11.8 Å². The molecular formula is C22H22F2N4O3S. The Balaban J connectivity index is 1.63. The van der Waals surface area contributed by atoms with E-state index in [2.05, 4.69) is 10.3 Å². The number of aromatic nitrogens is 2. The minimum absolute atomic E-state index is 0.126. The van der Waals surface area contributed by atoms with Gasteiger partial charge in [0.2, 0.25) is 5.91 Å². The van der Waals surface area contributed by atoms with Crippen molar-refractivity contribution in [3.63, 3.8) is 0 Å². The molecule has 0 radical (unpaired) electrons. The zero-order valence-electron chi connectivity index (χ0n) is 17.7. The number of nitrogens with zero attached hydrogens (tertiary/aromatic N) is 3. The highest BCUT2D eigenvalue weighted by Gasteiger charge is 2.25. The molecule has 7 nitrogen and oxygen atoms in total. The number of benzene rings is 1. The van der Waals surface area contributed by atoms with Crippen molar-refractivity contribution in [1.29, 1.82) is 0 Å². The topological polar surface area (TPSA) is 84.3 Å². The van der Waals surface area contributed by atoms with Crippen LogP contribution in [0.25, 0.3) is 10.2 Å². The predicted molar refractivity (Wildman–Crippen MR) is 118 cm³/mol. The van der Waals surface area contributed by atoms with Gasteiger partial charge >= 0.3 is 0 Å². The van der Waals surface area contributed by atoms with Crippen LogP contribution in [0.15, 0.2) is 29.3 Å². The molecule has 1 N–H and O–H groups in total. The Kier molecular flexibility index (Phi) is 6.05. The van der Waals surface area contributed by atoms with Gasteiger partial charge in [-0.2, -0.15) is 0 Å². The maximum Gasteiger partial charge on any atom is 0.266 e. The van der Waals surface area contributed by atoms with Gasteiger partial charge in [0.05, 0.1) is 16.6 Å². The van der Waals surface area contributed by atoms with Gasteiger partial charge < -0.3 is 10.2 Å². The molecule has 2 aromatic heterocycles. The molecule has 1 aromatic carbocycles. The van der Waals surface area contributed by atoms with Crippen molar-refractivity contribution in [3.05, 3.63) is 57.0 Å². The van der Waals surface area contributed by atoms with Gasteiger partial charge in [0.25, 0.3) is 11.5 Å². The Morgan fingerprint density at radius 3 is 2.66 bits per heavy atom. The van der Waals surface area contributed by atoms with Gasteiger partial charge in [-0.3, -0.25) is 19.0 Å². The summed E-state index contributed by atoms with van der Waals surface area (Å²) in [6.07, 6.45) is 4.25. The predicted octanol–water partition coefficient (Wildman–Crippen LogP) is 3.70. The molecule has 3 heterocycles. The molecule has 1 aliphatic rings. The lowest BCUT2D eigenvalue weighted by atomic mass is 10.0. The van der Waals surface area contributed by atoms with Gasteiger partial charge in [-0.25, -0.2) is 13.8 Å². The molecule has 0 saturated carbocycles. The second-order valence-electron chi connectivity index (χ2n) is 7.90. The third kappa shape index (κ3) is 4.02. The molecule has 2 amide bonds. The maximum absolute atomic E-state index is 13.9. The van der Waals surface area contributed by atoms with Gasteiger partial charge in [-0.1, -0.05) is 6.07 Å². The van der Waals surface area contributed by atoms with Crippen molar-refractivity contribution >= 4 is 39.1 Å². The number of thiophene rings is 1. The van der Waals surface area contributed by atoms with E-state index in [4.69, 9.17) is 0 Å². The van der Waals surface area contributed by atoms with Crippen molar-refractivity contribution in [2.75, 3.05) is 11.9 Å². The number of hydrogen-bond acceptors (Lipinski definition) is 5. The lowest BCUT2D eigenvalue weighted by Crippen LogP contribution is -2.44. The Morgan fingerprint density at radius 2 is 1.97 bits per heavy atom. The first-order valence-corrected chi connectivity index (χ1v) is 11.1. The number of rotatable bonds is 4. The Hall–Kier alpha value is -3.14. The summed E-state index contributed by atoms with van der Waals surface area (Å²) in [4.78, 5) is 45.0. The van der Waals surface area contributed by atoms with Crippen LogP contribution in [0.4, 0.5) is 14.5 Å². The highest BCUT2D eigenvalue weighted by Crippen LogP contribution is 2.28. The zero-order chi connectivity index (χ0) is 23.0. The molecule has 0 aliphatic carbocycles. The Bertz CT molecular complexity index is 1250. The van der Waals surface area contributed by atoms with E-state index in [-0.39, 0.29) is 28.8 Å². The molecule has 1 fully saturated rings. The second-order valence-corrected chi connectivity index (χ2v) is 8.90. The van der Waals surface area contributed by atoms with Gasteiger partial charge in [0.1, 0.15) is 28.7 Å². The third-order valence-electron chi connectivity index (χ3n) is 5.75. The van der Waals surface area contributed by atoms with Crippen molar-refractivity contribution in [3.8, 4) is 0 Å². The summed E-state index contributed by atoms with van der Waals surface area (Å²) in [6.45, 7) is 4.10. The van der Waals surface area contributed by atoms with E-state index < -0.39 is 28.8 Å². The SMILES string of the molecule is Cc1c(C(=O)Nc2c(F)cccc2F)sc2ncn(CC(=O)N3CCCCC3C)c(=O)c12. The van der Waals surface area contributed by atoms with Crippen LogP contribution < -0.4 is 10.9 Å². The molecule has 168 valence electrons. The van der Waals surface area contributed by atoms with Gasteiger partial charge in [0.15, 0.2) is 0 Å². The van der Waals surface area contributed by atoms with Crippen LogP contribution in [-0.4, -0.2) is 38.9 Å². The van der Waals surface area contributed by atoms with Crippen LogP contribution in [0.1, 0.15) is 41.4 Å². The number of nitrogens with one attached hydrogen (secondary N) is 1. The molecule has 1 saturated heterocycles. The summed E-state index contributed by atoms with van der Waals surface area (Å²) >= 11 is 0.956. The number of halogens is 2. The molecule has 1 unspecified atom stereocenters. The lowest BCUT2D eigenvalue weighted by molar-refractivity contribution is -0.135. The smallest absolute Gasteiger partial charge is 0.266 e. The molecule has 1 atom stereocenters. The standard InChI is InChI=1S/C22H22F2N4O3S/c1-12-6-3-4-9-28(12)16(29)10-27-11-25-21-17(22(27)31)13(2)19(32-21)20(30)26-18-14(23)7-5-8-15(18)24/h5,7-8,11-12H,3-4,6,9-10H2,1-2H3,(H,26,30). The van der Waals surface area contributed by atoms with Crippen LogP contribution in [0.5, 0.6) is 0 Å². The van der Waals surface area contributed by atoms with Crippen molar-refractivity contribution < 1.29 is 18.4 Å². The van der Waals surface area contributed by atoms with Crippen LogP contribution in [0, 0.1) is 18.6 Å². The third-order valence-corrected chi connectivity index (χ3v) is 6.95. The lowest BCUT2D eigenvalue weighted by Gasteiger charge is -2.33. The number of carbonyl (C=O) groups excluding carboxylic acids is 2. The fourth-order valence-corrected chi connectivity index (χ4v) is 5.02. The summed E-state index contributed by atoms with van der Waals surface area (Å²) in [5.74, 6) is -2.69. The van der Waals surface area contributed by atoms with Crippen LogP contribution >= 0.6 is 11.3 Å². The number of anilines is 1. The zero-order valence-corrected chi connectivity index (χ0v) is 18.5. The summed E-state index contributed by atoms with van der Waals surface area (Å²) in [6, 6.07) is 3.40. The van der Waals surface area contributed by atoms with Crippen LogP contribution in [0.3, 0.4) is 0 Å². The molecule has 1 aliphatic heterocycles. The number of piperidine rings is 1. The Morgan fingerprint density at radius 1 is 1.25 bits per heavy atom. The van der Waals surface area contributed by atoms with Crippen molar-refractivity contribution in [2.45, 2.75) is 45.7 Å². The Labute approximate surface area is 186 Å². The molecule has 0 bridgehead atoms. The summed E-state index contributed by atoms with van der Waals surface area (Å²) in [5.41, 5.74) is -0.635. The first-order chi connectivity index (χ1) is 15.3. The molecule has 3 aromatic rings. The van der Waals surface area contributed by atoms with E-state index in [1.807, 2.05) is 6.92 Å². The number of hydrogen-bond donors (Lipinski definition) is 1. The number of carbonyl (C=O) groups is 2. The number of fused-ring (bicyclic) bond motifs is 1. The van der Waals surface area contributed by atoms with Crippen molar-refractivity contribution in [2.24, 2.45) is 0 Å². The fourth-order valence-electron chi connectivity index (χ4n) is 3.98. The summed E-state index contributed by atoms with van der Waals surface area (Å²) in [7, 11) is 0. The van der Waals surface area contributed by atoms with Gasteiger partial charge in [-0.05, 0) is 50.8 Å². The average Bonchev–Trinajstić information content (AvgIpc) is 3.10. The number of aryl methyl sites for hydroxylation is 1. The van der Waals surface area contributed by atoms with Crippen LogP contribution in [0.2, 0.25) is 0 Å². The average molecular weight is 461 g/mol. The molecule has 10 heteroatoms. The highest BCUT2D eigenvalue weighted by atomic mass is 32.1. The van der Waals surface area contributed by atoms with E-state index in [0.717, 1.165) is 42.7 Å². The van der Waals surface area contributed by atoms with Crippen LogP contribution in [-0.2, 0) is 11.3 Å². The van der Waals surface area contributed by atoms with E-state index in [0.29, 0.717) is 16.9 Å². The van der Waals surface area contributed by atoms with Gasteiger partial charge in [0, 0.05) is 12.6 Å². The molecule has 0 spiro atoms. The van der Waals surface area contributed by atoms with E-state index >= 15 is 0 Å². The van der Waals surface area contributed by atoms with E-state index in [9.17, 15) is 23.2 Å². The minimum atomic E-state index is -0.900. The maximum atomic E-state index is 13.9. The van der Waals surface area contributed by atoms with Gasteiger partial charge in [-0.15, -0.1) is 11.3 Å². The molecule has 32 heavy (non-hydrogen) atoms. The number of amides is 2. The largest absolute Gasteiger partial charge is 0.338 e. The molecule has 4 rings (SSSR count). The number of para-hydroxylation sites is 1. The first kappa shape index (κ1) is 22.1. The second kappa shape index (κ2) is 8.78. The highest BCUT2D eigenvalue weighted by molar-refractivity contribution is 7.20. The monoisotopic (exact) mass is 460 g/mol. The molecular weight excluding hydrogens is 438 g/mol. The minimum Gasteiger partial charge on any atom is -0.338 e. The quantitative estimate of drug-likeness (QED) is 0.644. The summed E-state index contributed by atoms with van der Waals surface area (Å²) in [5, 5.41) is 2.45. The first-order valence-electron chi connectivity index (χ1n) is 10.3. The summed E-state index contributed by atoms with van der Waals surface area (Å²) < 4.78 is 29.0. The van der Waals surface area contributed by atoms with Crippen molar-refractivity contribution in [1.82, 2.24) is 14.5 Å².